The highest BCUT2D eigenvalue weighted by atomic mass is 16.6. The lowest BCUT2D eigenvalue weighted by molar-refractivity contribution is -0.156. The molecule has 0 aromatic rings. The first-order chi connectivity index (χ1) is 6.76. The zero-order valence-corrected chi connectivity index (χ0v) is 9.12. The third kappa shape index (κ3) is 5.75. The molecular weight excluding hydrogens is 180 g/mol. The van der Waals surface area contributed by atoms with Crippen molar-refractivity contribution in [3.8, 4) is 0 Å². The van der Waals surface area contributed by atoms with E-state index >= 15 is 0 Å². The highest BCUT2D eigenvalue weighted by molar-refractivity contribution is 5.74. The Labute approximate surface area is 86.1 Å². The van der Waals surface area contributed by atoms with Crippen LogP contribution < -0.4 is 0 Å². The molecule has 0 N–H and O–H groups in total. The average Bonchev–Trinajstić information content (AvgIpc) is 2.17. The normalized spacial score (nSPS) is 12.1. The second kappa shape index (κ2) is 8.75. The fraction of sp³-hybridized carbons (Fsp3) is 0.727. The molecular formula is C11H20O3. The van der Waals surface area contributed by atoms with Gasteiger partial charge in [-0.2, -0.15) is 0 Å². The molecule has 82 valence electrons. The number of hydrogen-bond acceptors (Lipinski definition) is 3. The minimum atomic E-state index is -0.473. The first-order valence-electron chi connectivity index (χ1n) is 5.15. The molecule has 0 radical (unpaired) electrons. The van der Waals surface area contributed by atoms with E-state index in [1.807, 2.05) is 0 Å². The molecule has 3 nitrogen and oxygen atoms in total. The van der Waals surface area contributed by atoms with Crippen molar-refractivity contribution in [1.82, 2.24) is 0 Å². The highest BCUT2D eigenvalue weighted by Crippen LogP contribution is 2.04. The van der Waals surface area contributed by atoms with Crippen molar-refractivity contribution >= 4 is 5.97 Å². The van der Waals surface area contributed by atoms with Crippen LogP contribution >= 0.6 is 0 Å². The lowest BCUT2D eigenvalue weighted by Crippen LogP contribution is -2.26. The van der Waals surface area contributed by atoms with Crippen LogP contribution in [-0.2, 0) is 14.3 Å². The van der Waals surface area contributed by atoms with Crippen molar-refractivity contribution in [1.29, 1.82) is 0 Å². The Bertz CT molecular complexity index is 166. The molecule has 0 heterocycles. The van der Waals surface area contributed by atoms with Crippen molar-refractivity contribution in [3.63, 3.8) is 0 Å². The average molecular weight is 200 g/mol. The summed E-state index contributed by atoms with van der Waals surface area (Å²) in [7, 11) is 0. The Morgan fingerprint density at radius 2 is 2.21 bits per heavy atom. The van der Waals surface area contributed by atoms with E-state index in [2.05, 4.69) is 13.5 Å². The number of rotatable bonds is 8. The van der Waals surface area contributed by atoms with Crippen molar-refractivity contribution in [3.05, 3.63) is 12.7 Å². The minimum Gasteiger partial charge on any atom is -0.464 e. The van der Waals surface area contributed by atoms with Gasteiger partial charge < -0.3 is 9.47 Å². The molecule has 0 aromatic carbocycles. The van der Waals surface area contributed by atoms with Crippen LogP contribution in [0.2, 0.25) is 0 Å². The van der Waals surface area contributed by atoms with Crippen molar-refractivity contribution < 1.29 is 14.3 Å². The van der Waals surface area contributed by atoms with Gasteiger partial charge in [-0.3, -0.25) is 0 Å². The van der Waals surface area contributed by atoms with Crippen molar-refractivity contribution in [2.45, 2.75) is 39.2 Å². The third-order valence-corrected chi connectivity index (χ3v) is 1.75. The van der Waals surface area contributed by atoms with Crippen molar-refractivity contribution in [2.24, 2.45) is 0 Å². The Hall–Kier alpha value is -0.830. The van der Waals surface area contributed by atoms with Crippen LogP contribution in [-0.4, -0.2) is 25.3 Å². The fourth-order valence-electron chi connectivity index (χ4n) is 0.989. The van der Waals surface area contributed by atoms with Crippen LogP contribution in [0.15, 0.2) is 12.7 Å². The van der Waals surface area contributed by atoms with E-state index in [0.717, 1.165) is 12.8 Å². The monoisotopic (exact) mass is 200 g/mol. The van der Waals surface area contributed by atoms with Crippen LogP contribution in [0.25, 0.3) is 0 Å². The lowest BCUT2D eigenvalue weighted by Gasteiger charge is -2.14. The summed E-state index contributed by atoms with van der Waals surface area (Å²) in [5.74, 6) is -0.288. The van der Waals surface area contributed by atoms with Gasteiger partial charge in [0.25, 0.3) is 0 Å². The Morgan fingerprint density at radius 3 is 2.71 bits per heavy atom. The summed E-state index contributed by atoms with van der Waals surface area (Å²) in [5.41, 5.74) is 0. The van der Waals surface area contributed by atoms with Crippen LogP contribution in [0.4, 0.5) is 0 Å². The van der Waals surface area contributed by atoms with Crippen LogP contribution in [0.3, 0.4) is 0 Å². The summed E-state index contributed by atoms with van der Waals surface area (Å²) in [6, 6.07) is 0. The topological polar surface area (TPSA) is 35.5 Å². The molecule has 0 amide bonds. The summed E-state index contributed by atoms with van der Waals surface area (Å²) in [5, 5.41) is 0. The highest BCUT2D eigenvalue weighted by Gasteiger charge is 2.18. The first-order valence-corrected chi connectivity index (χ1v) is 5.15. The Balaban J connectivity index is 3.86. The molecule has 1 atom stereocenters. The van der Waals surface area contributed by atoms with Gasteiger partial charge in [0.05, 0.1) is 6.61 Å². The molecule has 0 aliphatic rings. The molecule has 0 aliphatic carbocycles. The van der Waals surface area contributed by atoms with E-state index in [9.17, 15) is 4.79 Å². The van der Waals surface area contributed by atoms with E-state index in [1.54, 1.807) is 13.0 Å². The second-order valence-electron chi connectivity index (χ2n) is 2.99. The smallest absolute Gasteiger partial charge is 0.335 e. The van der Waals surface area contributed by atoms with E-state index in [1.165, 1.54) is 0 Å². The predicted octanol–water partition coefficient (Wildman–Crippen LogP) is 2.31. The molecule has 0 aliphatic heterocycles. The van der Waals surface area contributed by atoms with E-state index < -0.39 is 6.10 Å². The van der Waals surface area contributed by atoms with Gasteiger partial charge in [0.2, 0.25) is 0 Å². The number of carbonyl (C=O) groups is 1. The molecule has 0 spiro atoms. The number of esters is 1. The van der Waals surface area contributed by atoms with E-state index in [-0.39, 0.29) is 5.97 Å². The quantitative estimate of drug-likeness (QED) is 0.342. The van der Waals surface area contributed by atoms with Gasteiger partial charge in [-0.25, -0.2) is 4.79 Å². The van der Waals surface area contributed by atoms with Gasteiger partial charge in [0, 0.05) is 13.0 Å². The minimum absolute atomic E-state index is 0.288. The van der Waals surface area contributed by atoms with Gasteiger partial charge in [0.1, 0.15) is 0 Å². The standard InChI is InChI=1S/C11H20O3/c1-4-7-9-14-10(8-5-2)11(12)13-6-3/h5,10H,2,4,6-9H2,1,3H3. The van der Waals surface area contributed by atoms with Crippen LogP contribution in [0, 0.1) is 0 Å². The largest absolute Gasteiger partial charge is 0.464 e. The summed E-state index contributed by atoms with van der Waals surface area (Å²) in [6.07, 6.45) is 3.74. The van der Waals surface area contributed by atoms with Gasteiger partial charge in [-0.15, -0.1) is 6.58 Å². The predicted molar refractivity (Wildman–Crippen MR) is 56.1 cm³/mol. The molecule has 1 unspecified atom stereocenters. The SMILES string of the molecule is C=CCC(OCCCC)C(=O)OCC. The number of unbranched alkanes of at least 4 members (excludes halogenated alkanes) is 1. The first kappa shape index (κ1) is 13.2. The van der Waals surface area contributed by atoms with Crippen LogP contribution in [0.5, 0.6) is 0 Å². The summed E-state index contributed by atoms with van der Waals surface area (Å²) >= 11 is 0. The number of ether oxygens (including phenoxy) is 2. The van der Waals surface area contributed by atoms with Gasteiger partial charge >= 0.3 is 5.97 Å². The lowest BCUT2D eigenvalue weighted by atomic mass is 10.2. The summed E-state index contributed by atoms with van der Waals surface area (Å²) in [4.78, 5) is 11.3. The Morgan fingerprint density at radius 1 is 1.50 bits per heavy atom. The molecule has 3 heteroatoms. The molecule has 0 saturated carbocycles. The summed E-state index contributed by atoms with van der Waals surface area (Å²) < 4.78 is 10.3. The van der Waals surface area contributed by atoms with Gasteiger partial charge in [-0.1, -0.05) is 19.4 Å². The van der Waals surface area contributed by atoms with E-state index in [0.29, 0.717) is 19.6 Å². The van der Waals surface area contributed by atoms with E-state index in [4.69, 9.17) is 9.47 Å². The second-order valence-corrected chi connectivity index (χ2v) is 2.99. The molecule has 0 bridgehead atoms. The summed E-state index contributed by atoms with van der Waals surface area (Å²) in [6.45, 7) is 8.45. The fourth-order valence-corrected chi connectivity index (χ4v) is 0.989. The molecule has 0 rings (SSSR count). The zero-order chi connectivity index (χ0) is 10.8. The zero-order valence-electron chi connectivity index (χ0n) is 9.12. The maximum Gasteiger partial charge on any atom is 0.335 e. The van der Waals surface area contributed by atoms with Gasteiger partial charge in [0.15, 0.2) is 6.10 Å². The number of carbonyl (C=O) groups excluding carboxylic acids is 1. The third-order valence-electron chi connectivity index (χ3n) is 1.75. The van der Waals surface area contributed by atoms with Crippen molar-refractivity contribution in [2.75, 3.05) is 13.2 Å². The number of hydrogen-bond donors (Lipinski definition) is 0. The molecule has 14 heavy (non-hydrogen) atoms. The molecule has 0 aromatic heterocycles. The Kier molecular flexibility index (Phi) is 8.24. The maximum absolute atomic E-state index is 11.3. The molecule has 0 fully saturated rings. The molecule has 0 saturated heterocycles. The van der Waals surface area contributed by atoms with Crippen LogP contribution in [0.1, 0.15) is 33.1 Å². The maximum atomic E-state index is 11.3. The van der Waals surface area contributed by atoms with Gasteiger partial charge in [-0.05, 0) is 13.3 Å².